The van der Waals surface area contributed by atoms with Crippen LogP contribution in [-0.4, -0.2) is 46.8 Å². The van der Waals surface area contributed by atoms with Gasteiger partial charge < -0.3 is 21.5 Å². The van der Waals surface area contributed by atoms with E-state index in [0.717, 1.165) is 4.90 Å². The topological polar surface area (TPSA) is 144 Å². The molecule has 1 aliphatic rings. The van der Waals surface area contributed by atoms with Crippen LogP contribution in [0.3, 0.4) is 0 Å². The average molecular weight is 285 g/mol. The predicted octanol–water partition coefficient (Wildman–Crippen LogP) is -1.47. The number of primary amides is 2. The molecule has 0 bridgehead atoms. The Labute approximate surface area is 116 Å². The number of carboxylic acids is 1. The third-order valence-corrected chi connectivity index (χ3v) is 3.44. The van der Waals surface area contributed by atoms with E-state index < -0.39 is 48.6 Å². The van der Waals surface area contributed by atoms with Gasteiger partial charge in [0.15, 0.2) is 0 Å². The first-order valence-corrected chi connectivity index (χ1v) is 6.30. The van der Waals surface area contributed by atoms with E-state index in [0.29, 0.717) is 12.8 Å². The highest BCUT2D eigenvalue weighted by Gasteiger charge is 2.43. The van der Waals surface area contributed by atoms with Crippen LogP contribution in [-0.2, 0) is 19.2 Å². The van der Waals surface area contributed by atoms with Gasteiger partial charge in [0.05, 0.1) is 24.9 Å². The first-order valence-electron chi connectivity index (χ1n) is 6.30. The van der Waals surface area contributed by atoms with Crippen LogP contribution >= 0.6 is 0 Å². The second-order valence-corrected chi connectivity index (χ2v) is 5.25. The van der Waals surface area contributed by atoms with Gasteiger partial charge in [-0.2, -0.15) is 0 Å². The third-order valence-electron chi connectivity index (χ3n) is 3.44. The van der Waals surface area contributed by atoms with Crippen LogP contribution in [0.2, 0.25) is 0 Å². The van der Waals surface area contributed by atoms with E-state index in [1.54, 1.807) is 0 Å². The zero-order valence-electron chi connectivity index (χ0n) is 11.2. The highest BCUT2D eigenvalue weighted by molar-refractivity contribution is 5.91. The minimum Gasteiger partial charge on any atom is -0.481 e. The molecular weight excluding hydrogens is 266 g/mol. The fraction of sp³-hybridized carbons (Fsp3) is 0.667. The minimum atomic E-state index is -1.05. The number of carbonyl (C=O) groups excluding carboxylic acids is 3. The van der Waals surface area contributed by atoms with Gasteiger partial charge >= 0.3 is 5.97 Å². The molecule has 112 valence electrons. The molecule has 0 saturated heterocycles. The number of amides is 3. The second-order valence-electron chi connectivity index (χ2n) is 5.25. The first-order chi connectivity index (χ1) is 9.22. The Balaban J connectivity index is 2.89. The Hall–Kier alpha value is -2.12. The maximum Gasteiger partial charge on any atom is 0.307 e. The Kier molecular flexibility index (Phi) is 5.06. The van der Waals surface area contributed by atoms with E-state index in [9.17, 15) is 19.2 Å². The van der Waals surface area contributed by atoms with Gasteiger partial charge in [-0.1, -0.05) is 6.92 Å². The van der Waals surface area contributed by atoms with E-state index in [-0.39, 0.29) is 5.92 Å². The van der Waals surface area contributed by atoms with Crippen molar-refractivity contribution in [1.82, 2.24) is 4.90 Å². The molecule has 0 heterocycles. The van der Waals surface area contributed by atoms with Gasteiger partial charge in [-0.25, -0.2) is 0 Å². The maximum atomic E-state index is 12.3. The number of carboxylic acid groups (broad SMARTS) is 1. The number of carbonyl (C=O) groups is 4. The predicted molar refractivity (Wildman–Crippen MR) is 68.0 cm³/mol. The molecule has 0 aromatic heterocycles. The summed E-state index contributed by atoms with van der Waals surface area (Å²) in [6, 6.07) is 0. The molecule has 0 radical (unpaired) electrons. The lowest BCUT2D eigenvalue weighted by molar-refractivity contribution is -0.150. The normalized spacial score (nSPS) is 25.1. The van der Waals surface area contributed by atoms with Crippen molar-refractivity contribution in [3.8, 4) is 0 Å². The molecule has 1 rings (SSSR count). The monoisotopic (exact) mass is 285 g/mol. The molecule has 1 unspecified atom stereocenters. The molecule has 0 aromatic rings. The fourth-order valence-electron chi connectivity index (χ4n) is 2.66. The molecule has 0 aliphatic heterocycles. The molecule has 1 aliphatic carbocycles. The quantitative estimate of drug-likeness (QED) is 0.546. The first kappa shape index (κ1) is 15.9. The lowest BCUT2D eigenvalue weighted by Gasteiger charge is -2.25. The summed E-state index contributed by atoms with van der Waals surface area (Å²) in [7, 11) is 0. The van der Waals surface area contributed by atoms with Gasteiger partial charge in [-0.3, -0.25) is 19.2 Å². The van der Waals surface area contributed by atoms with Gasteiger partial charge in [-0.15, -0.1) is 0 Å². The highest BCUT2D eigenvalue weighted by Crippen LogP contribution is 2.37. The van der Waals surface area contributed by atoms with Crippen molar-refractivity contribution < 1.29 is 24.3 Å². The molecule has 8 nitrogen and oxygen atoms in total. The van der Waals surface area contributed by atoms with Crippen LogP contribution < -0.4 is 11.5 Å². The van der Waals surface area contributed by atoms with Crippen LogP contribution in [0.4, 0.5) is 0 Å². The van der Waals surface area contributed by atoms with Crippen molar-refractivity contribution in [2.24, 2.45) is 29.2 Å². The summed E-state index contributed by atoms with van der Waals surface area (Å²) in [5, 5.41) is 9.14. The largest absolute Gasteiger partial charge is 0.481 e. The second kappa shape index (κ2) is 6.36. The van der Waals surface area contributed by atoms with Gasteiger partial charge in [-0.05, 0) is 18.8 Å². The van der Waals surface area contributed by atoms with Crippen LogP contribution in [0.15, 0.2) is 0 Å². The molecule has 0 spiro atoms. The highest BCUT2D eigenvalue weighted by atomic mass is 16.4. The molecule has 5 N–H and O–H groups in total. The van der Waals surface area contributed by atoms with Crippen LogP contribution in [0.1, 0.15) is 19.8 Å². The zero-order chi connectivity index (χ0) is 15.4. The molecule has 8 heteroatoms. The SMILES string of the molecule is CC1C[C@H](C(=O)N(CC(N)=O)CC(N)=O)[C@H](C(=O)O)C1. The van der Waals surface area contributed by atoms with Crippen molar-refractivity contribution >= 4 is 23.7 Å². The van der Waals surface area contributed by atoms with Gasteiger partial charge in [0, 0.05) is 0 Å². The number of aliphatic carboxylic acids is 1. The Bertz CT molecular complexity index is 421. The van der Waals surface area contributed by atoms with Gasteiger partial charge in [0.1, 0.15) is 0 Å². The van der Waals surface area contributed by atoms with E-state index >= 15 is 0 Å². The van der Waals surface area contributed by atoms with Crippen molar-refractivity contribution in [1.29, 1.82) is 0 Å². The summed E-state index contributed by atoms with van der Waals surface area (Å²) in [5.74, 6) is -4.63. The van der Waals surface area contributed by atoms with Crippen molar-refractivity contribution in [2.75, 3.05) is 13.1 Å². The Morgan fingerprint density at radius 1 is 1.05 bits per heavy atom. The summed E-state index contributed by atoms with van der Waals surface area (Å²) >= 11 is 0. The lowest BCUT2D eigenvalue weighted by Crippen LogP contribution is -2.47. The van der Waals surface area contributed by atoms with Crippen molar-refractivity contribution in [3.05, 3.63) is 0 Å². The summed E-state index contributed by atoms with van der Waals surface area (Å²) in [4.78, 5) is 46.3. The van der Waals surface area contributed by atoms with Crippen LogP contribution in [0.5, 0.6) is 0 Å². The van der Waals surface area contributed by atoms with E-state index in [1.807, 2.05) is 6.92 Å². The number of nitrogens with zero attached hydrogens (tertiary/aromatic N) is 1. The van der Waals surface area contributed by atoms with Crippen LogP contribution in [0.25, 0.3) is 0 Å². The molecular formula is C12H19N3O5. The van der Waals surface area contributed by atoms with E-state index in [2.05, 4.69) is 0 Å². The fourth-order valence-corrected chi connectivity index (χ4v) is 2.66. The summed E-state index contributed by atoms with van der Waals surface area (Å²) in [6.45, 7) is 0.966. The number of hydrogen-bond acceptors (Lipinski definition) is 4. The average Bonchev–Trinajstić information content (AvgIpc) is 2.68. The Morgan fingerprint density at radius 3 is 1.90 bits per heavy atom. The molecule has 20 heavy (non-hydrogen) atoms. The number of hydrogen-bond donors (Lipinski definition) is 3. The summed E-state index contributed by atoms with van der Waals surface area (Å²) < 4.78 is 0. The maximum absolute atomic E-state index is 12.3. The summed E-state index contributed by atoms with van der Waals surface area (Å²) in [5.41, 5.74) is 10.1. The Morgan fingerprint density at radius 2 is 1.50 bits per heavy atom. The smallest absolute Gasteiger partial charge is 0.307 e. The summed E-state index contributed by atoms with van der Waals surface area (Å²) in [6.07, 6.45) is 0.802. The molecule has 3 amide bonds. The van der Waals surface area contributed by atoms with Gasteiger partial charge in [0.25, 0.3) is 0 Å². The number of nitrogens with two attached hydrogens (primary N) is 2. The lowest BCUT2D eigenvalue weighted by atomic mass is 9.94. The molecule has 1 saturated carbocycles. The molecule has 1 fully saturated rings. The van der Waals surface area contributed by atoms with E-state index in [1.165, 1.54) is 0 Å². The third kappa shape index (κ3) is 3.94. The van der Waals surface area contributed by atoms with Crippen molar-refractivity contribution in [2.45, 2.75) is 19.8 Å². The molecule has 3 atom stereocenters. The van der Waals surface area contributed by atoms with Gasteiger partial charge in [0.2, 0.25) is 17.7 Å². The van der Waals surface area contributed by atoms with E-state index in [4.69, 9.17) is 16.6 Å². The van der Waals surface area contributed by atoms with Crippen molar-refractivity contribution in [3.63, 3.8) is 0 Å². The zero-order valence-corrected chi connectivity index (χ0v) is 11.2. The number of rotatable bonds is 6. The standard InChI is InChI=1S/C12H19N3O5/c1-6-2-7(8(3-6)12(19)20)11(18)15(4-9(13)16)5-10(14)17/h6-8H,2-5H2,1H3,(H2,13,16)(H2,14,17)(H,19,20)/t6?,7-,8+/m0/s1. The molecule has 0 aromatic carbocycles. The van der Waals surface area contributed by atoms with Crippen LogP contribution in [0, 0.1) is 17.8 Å². The minimum absolute atomic E-state index is 0.0917.